The van der Waals surface area contributed by atoms with E-state index < -0.39 is 5.95 Å². The molecule has 0 bridgehead atoms. The Bertz CT molecular complexity index is 1050. The average molecular weight is 455 g/mol. The quantitative estimate of drug-likeness (QED) is 0.492. The maximum atomic E-state index is 13.3. The van der Waals surface area contributed by atoms with Crippen LogP contribution in [-0.2, 0) is 4.74 Å². The lowest BCUT2D eigenvalue weighted by Gasteiger charge is -2.41. The number of halogens is 1. The van der Waals surface area contributed by atoms with Gasteiger partial charge in [-0.15, -0.1) is 0 Å². The normalized spacial score (nSPS) is 22.1. The van der Waals surface area contributed by atoms with E-state index in [1.165, 1.54) is 38.3 Å². The fourth-order valence-corrected chi connectivity index (χ4v) is 4.96. The number of nitrogen functional groups attached to an aromatic ring is 1. The number of hydrogen-bond acceptors (Lipinski definition) is 6. The van der Waals surface area contributed by atoms with Gasteiger partial charge in [-0.25, -0.2) is 4.98 Å². The Morgan fingerprint density at radius 3 is 2.52 bits per heavy atom. The second kappa shape index (κ2) is 10.5. The highest BCUT2D eigenvalue weighted by atomic mass is 19.1. The van der Waals surface area contributed by atoms with Crippen molar-refractivity contribution in [3.05, 3.63) is 36.4 Å². The summed E-state index contributed by atoms with van der Waals surface area (Å²) in [6.07, 6.45) is 9.51. The maximum absolute atomic E-state index is 13.3. The Labute approximate surface area is 194 Å². The minimum absolute atomic E-state index is 0.359. The number of fused-ring (bicyclic) bond motifs is 1. The highest BCUT2D eigenvalue weighted by Crippen LogP contribution is 2.28. The number of morpholine rings is 1. The SMILES string of the molecule is CC1CN(C2CCCCC2)CC(C)O1.CNc1cc(-c2ccc3[nH]nc(N)c3c2)cnc1F. The molecule has 2 fully saturated rings. The van der Waals surface area contributed by atoms with E-state index in [-0.39, 0.29) is 0 Å². The van der Waals surface area contributed by atoms with E-state index in [4.69, 9.17) is 10.5 Å². The Kier molecular flexibility index (Phi) is 7.45. The van der Waals surface area contributed by atoms with E-state index in [1.807, 2.05) is 18.2 Å². The highest BCUT2D eigenvalue weighted by molar-refractivity contribution is 5.92. The highest BCUT2D eigenvalue weighted by Gasteiger charge is 2.28. The van der Waals surface area contributed by atoms with Gasteiger partial charge in [-0.3, -0.25) is 10.00 Å². The fourth-order valence-electron chi connectivity index (χ4n) is 4.96. The summed E-state index contributed by atoms with van der Waals surface area (Å²) in [5.41, 5.74) is 8.72. The molecule has 3 aromatic rings. The fraction of sp³-hybridized carbons (Fsp3) is 0.520. The Morgan fingerprint density at radius 2 is 1.82 bits per heavy atom. The van der Waals surface area contributed by atoms with Gasteiger partial charge in [-0.2, -0.15) is 9.49 Å². The van der Waals surface area contributed by atoms with E-state index in [0.717, 1.165) is 41.2 Å². The molecule has 0 radical (unpaired) electrons. The first-order valence-corrected chi connectivity index (χ1v) is 11.9. The van der Waals surface area contributed by atoms with Crippen molar-refractivity contribution in [2.75, 3.05) is 31.2 Å². The van der Waals surface area contributed by atoms with Crippen molar-refractivity contribution in [3.8, 4) is 11.1 Å². The van der Waals surface area contributed by atoms with Gasteiger partial charge in [0.25, 0.3) is 0 Å². The van der Waals surface area contributed by atoms with E-state index in [1.54, 1.807) is 13.1 Å². The summed E-state index contributed by atoms with van der Waals surface area (Å²) in [5, 5.41) is 10.4. The molecule has 2 aliphatic rings. The molecule has 1 aromatic carbocycles. The van der Waals surface area contributed by atoms with Gasteiger partial charge in [0, 0.05) is 43.3 Å². The monoisotopic (exact) mass is 454 g/mol. The number of nitrogens with one attached hydrogen (secondary N) is 2. The van der Waals surface area contributed by atoms with Crippen LogP contribution in [0.15, 0.2) is 30.5 Å². The van der Waals surface area contributed by atoms with Crippen LogP contribution in [0.4, 0.5) is 15.9 Å². The van der Waals surface area contributed by atoms with Crippen LogP contribution in [0.5, 0.6) is 0 Å². The topological polar surface area (TPSA) is 92.1 Å². The molecule has 1 saturated carbocycles. The predicted molar refractivity (Wildman–Crippen MR) is 132 cm³/mol. The van der Waals surface area contributed by atoms with Crippen molar-refractivity contribution in [2.45, 2.75) is 64.2 Å². The van der Waals surface area contributed by atoms with E-state index in [9.17, 15) is 4.39 Å². The number of H-pyrrole nitrogens is 1. The second-order valence-corrected chi connectivity index (χ2v) is 9.18. The van der Waals surface area contributed by atoms with Crippen LogP contribution in [0, 0.1) is 5.95 Å². The molecule has 1 saturated heterocycles. The largest absolute Gasteiger partial charge is 0.384 e. The van der Waals surface area contributed by atoms with Crippen molar-refractivity contribution < 1.29 is 9.13 Å². The smallest absolute Gasteiger partial charge is 0.236 e. The summed E-state index contributed by atoms with van der Waals surface area (Å²) in [4.78, 5) is 6.40. The van der Waals surface area contributed by atoms with Crippen molar-refractivity contribution in [2.24, 2.45) is 0 Å². The van der Waals surface area contributed by atoms with E-state index in [2.05, 4.69) is 39.2 Å². The van der Waals surface area contributed by atoms with Crippen LogP contribution < -0.4 is 11.1 Å². The lowest BCUT2D eigenvalue weighted by Crippen LogP contribution is -2.50. The molecule has 1 aliphatic heterocycles. The molecule has 7 nitrogen and oxygen atoms in total. The van der Waals surface area contributed by atoms with Gasteiger partial charge in [0.15, 0.2) is 5.82 Å². The Balaban J connectivity index is 0.000000165. The molecule has 1 aliphatic carbocycles. The van der Waals surface area contributed by atoms with Crippen LogP contribution in [0.1, 0.15) is 46.0 Å². The number of aromatic nitrogens is 3. The van der Waals surface area contributed by atoms with Crippen molar-refractivity contribution in [3.63, 3.8) is 0 Å². The van der Waals surface area contributed by atoms with Gasteiger partial charge in [0.1, 0.15) is 0 Å². The first-order valence-electron chi connectivity index (χ1n) is 11.9. The molecule has 8 heteroatoms. The summed E-state index contributed by atoms with van der Waals surface area (Å²) in [7, 11) is 1.65. The van der Waals surface area contributed by atoms with Gasteiger partial charge in [-0.1, -0.05) is 25.3 Å². The molecular formula is C25H35FN6O. The number of nitrogens with two attached hydrogens (primary N) is 1. The number of rotatable bonds is 3. The molecule has 2 atom stereocenters. The van der Waals surface area contributed by atoms with Crippen molar-refractivity contribution >= 4 is 22.4 Å². The molecule has 2 aromatic heterocycles. The number of ether oxygens (including phenoxy) is 1. The third-order valence-electron chi connectivity index (χ3n) is 6.57. The molecule has 0 spiro atoms. The van der Waals surface area contributed by atoms with Crippen LogP contribution in [0.2, 0.25) is 0 Å². The molecule has 2 unspecified atom stereocenters. The standard InChI is InChI=1S/C13H12FN5.C12H23NO/c1-16-11-5-8(6-17-12(11)14)7-2-3-10-9(4-7)13(15)19-18-10;1-10-8-13(9-11(2)14-10)12-6-4-3-5-7-12/h2-6,16H,1H3,(H3,15,18,19);10-12H,3-9H2,1-2H3. The summed E-state index contributed by atoms with van der Waals surface area (Å²) >= 11 is 0. The average Bonchev–Trinajstić information content (AvgIpc) is 3.20. The summed E-state index contributed by atoms with van der Waals surface area (Å²) in [5.74, 6) is -0.0732. The molecular weight excluding hydrogens is 419 g/mol. The number of anilines is 2. The summed E-state index contributed by atoms with van der Waals surface area (Å²) in [6, 6.07) is 8.27. The predicted octanol–water partition coefficient (Wildman–Crippen LogP) is 4.82. The number of benzene rings is 1. The lowest BCUT2D eigenvalue weighted by molar-refractivity contribution is -0.0839. The van der Waals surface area contributed by atoms with Gasteiger partial charge in [-0.05, 0) is 50.5 Å². The van der Waals surface area contributed by atoms with Gasteiger partial charge < -0.3 is 15.8 Å². The van der Waals surface area contributed by atoms with Gasteiger partial charge >= 0.3 is 0 Å². The summed E-state index contributed by atoms with van der Waals surface area (Å²) in [6.45, 7) is 6.70. The minimum atomic E-state index is -0.518. The third-order valence-corrected chi connectivity index (χ3v) is 6.57. The molecule has 3 heterocycles. The zero-order chi connectivity index (χ0) is 23.4. The zero-order valence-corrected chi connectivity index (χ0v) is 19.8. The van der Waals surface area contributed by atoms with Gasteiger partial charge in [0.2, 0.25) is 5.95 Å². The maximum Gasteiger partial charge on any atom is 0.236 e. The number of hydrogen-bond donors (Lipinski definition) is 3. The van der Waals surface area contributed by atoms with Crippen molar-refractivity contribution in [1.82, 2.24) is 20.1 Å². The number of pyridine rings is 1. The van der Waals surface area contributed by atoms with Crippen molar-refractivity contribution in [1.29, 1.82) is 0 Å². The van der Waals surface area contributed by atoms with Crippen LogP contribution >= 0.6 is 0 Å². The lowest BCUT2D eigenvalue weighted by atomic mass is 9.93. The molecule has 33 heavy (non-hydrogen) atoms. The van der Waals surface area contributed by atoms with Crippen LogP contribution in [0.25, 0.3) is 22.0 Å². The zero-order valence-electron chi connectivity index (χ0n) is 19.8. The van der Waals surface area contributed by atoms with E-state index in [0.29, 0.717) is 23.7 Å². The summed E-state index contributed by atoms with van der Waals surface area (Å²) < 4.78 is 19.1. The third kappa shape index (κ3) is 5.62. The molecule has 4 N–H and O–H groups in total. The molecule has 178 valence electrons. The molecule has 5 rings (SSSR count). The first-order chi connectivity index (χ1) is 15.9. The number of aromatic amines is 1. The Hall–Kier alpha value is -2.71. The second-order valence-electron chi connectivity index (χ2n) is 9.18. The van der Waals surface area contributed by atoms with E-state index >= 15 is 0 Å². The van der Waals surface area contributed by atoms with Crippen LogP contribution in [-0.4, -0.2) is 58.5 Å². The number of nitrogens with zero attached hydrogens (tertiary/aromatic N) is 3. The van der Waals surface area contributed by atoms with Gasteiger partial charge in [0.05, 0.1) is 23.4 Å². The first kappa shape index (κ1) is 23.4. The minimum Gasteiger partial charge on any atom is -0.384 e. The molecule has 0 amide bonds. The van der Waals surface area contributed by atoms with Crippen LogP contribution in [0.3, 0.4) is 0 Å². The Morgan fingerprint density at radius 1 is 1.09 bits per heavy atom.